The molecule has 6 nitrogen and oxygen atoms in total. The molecule has 0 unspecified atom stereocenters. The summed E-state index contributed by atoms with van der Waals surface area (Å²) >= 11 is 0. The first-order chi connectivity index (χ1) is 13.2. The Balaban J connectivity index is 1.60. The van der Waals surface area contributed by atoms with Crippen LogP contribution in [0.5, 0.6) is 5.75 Å². The van der Waals surface area contributed by atoms with Crippen molar-refractivity contribution in [3.05, 3.63) is 52.9 Å². The van der Waals surface area contributed by atoms with Gasteiger partial charge in [-0.2, -0.15) is 0 Å². The van der Waals surface area contributed by atoms with Crippen molar-refractivity contribution in [2.24, 2.45) is 0 Å². The smallest absolute Gasteiger partial charge is 0.344 e. The molecule has 1 aromatic carbocycles. The molecule has 0 atom stereocenters. The van der Waals surface area contributed by atoms with E-state index < -0.39 is 5.97 Å². The number of fused-ring (bicyclic) bond motifs is 1. The van der Waals surface area contributed by atoms with E-state index in [2.05, 4.69) is 0 Å². The molecule has 0 spiro atoms. The molecule has 0 N–H and O–H groups in total. The predicted molar refractivity (Wildman–Crippen MR) is 98.6 cm³/mol. The molecule has 2 heterocycles. The van der Waals surface area contributed by atoms with Crippen LogP contribution in [0.25, 0.3) is 22.5 Å². The van der Waals surface area contributed by atoms with E-state index in [1.807, 2.05) is 0 Å². The van der Waals surface area contributed by atoms with Crippen LogP contribution >= 0.6 is 0 Å². The van der Waals surface area contributed by atoms with Crippen LogP contribution in [0.3, 0.4) is 0 Å². The molecule has 1 aliphatic carbocycles. The molecule has 140 valence electrons. The number of furan rings is 1. The Morgan fingerprint density at radius 3 is 2.67 bits per heavy atom. The summed E-state index contributed by atoms with van der Waals surface area (Å²) in [5, 5.41) is 0.378. The fraction of sp³-hybridized carbons (Fsp3) is 0.333. The molecule has 0 aliphatic heterocycles. The molecule has 2 aromatic heterocycles. The van der Waals surface area contributed by atoms with Crippen molar-refractivity contribution in [1.82, 2.24) is 0 Å². The number of rotatable bonds is 5. The van der Waals surface area contributed by atoms with Crippen molar-refractivity contribution < 1.29 is 23.1 Å². The Labute approximate surface area is 155 Å². The topological polar surface area (TPSA) is 78.9 Å². The van der Waals surface area contributed by atoms with Gasteiger partial charge in [0.25, 0.3) is 0 Å². The molecule has 1 saturated carbocycles. The average molecular weight is 368 g/mol. The minimum absolute atomic E-state index is 0.0516. The van der Waals surface area contributed by atoms with Crippen LogP contribution in [0.15, 0.2) is 56.3 Å². The zero-order valence-electron chi connectivity index (χ0n) is 14.8. The van der Waals surface area contributed by atoms with Crippen LogP contribution in [-0.4, -0.2) is 18.7 Å². The van der Waals surface area contributed by atoms with Crippen molar-refractivity contribution in [1.29, 1.82) is 0 Å². The van der Waals surface area contributed by atoms with Gasteiger partial charge in [0.1, 0.15) is 11.7 Å². The molecule has 1 fully saturated rings. The normalized spacial score (nSPS) is 15.0. The predicted octanol–water partition coefficient (Wildman–Crippen LogP) is 4.31. The summed E-state index contributed by atoms with van der Waals surface area (Å²) in [5.74, 6) is -0.0215. The number of para-hydroxylation sites is 1. The van der Waals surface area contributed by atoms with Crippen LogP contribution in [0.2, 0.25) is 0 Å². The third-order valence-electron chi connectivity index (χ3n) is 4.69. The third kappa shape index (κ3) is 3.74. The fourth-order valence-electron chi connectivity index (χ4n) is 3.36. The van der Waals surface area contributed by atoms with Gasteiger partial charge in [-0.05, 0) is 49.9 Å². The largest absolute Gasteiger partial charge is 0.474 e. The molecule has 1 aliphatic rings. The van der Waals surface area contributed by atoms with E-state index in [9.17, 15) is 9.59 Å². The van der Waals surface area contributed by atoms with E-state index in [1.165, 1.54) is 12.7 Å². The summed E-state index contributed by atoms with van der Waals surface area (Å²) in [6.07, 6.45) is 6.47. The Morgan fingerprint density at radius 2 is 1.89 bits per heavy atom. The lowest BCUT2D eigenvalue weighted by atomic mass is 9.98. The third-order valence-corrected chi connectivity index (χ3v) is 4.69. The summed E-state index contributed by atoms with van der Waals surface area (Å²) in [7, 11) is 0. The molecule has 3 aromatic rings. The highest BCUT2D eigenvalue weighted by Crippen LogP contribution is 2.31. The minimum atomic E-state index is -0.486. The van der Waals surface area contributed by atoms with Gasteiger partial charge in [0, 0.05) is 0 Å². The summed E-state index contributed by atoms with van der Waals surface area (Å²) in [6.45, 7) is -0.354. The van der Waals surface area contributed by atoms with E-state index in [0.29, 0.717) is 16.7 Å². The van der Waals surface area contributed by atoms with Gasteiger partial charge in [0.05, 0.1) is 11.6 Å². The van der Waals surface area contributed by atoms with E-state index in [1.54, 1.807) is 36.4 Å². The first-order valence-corrected chi connectivity index (χ1v) is 9.14. The summed E-state index contributed by atoms with van der Waals surface area (Å²) in [6, 6.07) is 10.2. The molecule has 0 amide bonds. The number of carbonyl (C=O) groups is 1. The van der Waals surface area contributed by atoms with Crippen LogP contribution < -0.4 is 10.2 Å². The lowest BCUT2D eigenvalue weighted by molar-refractivity contribution is -0.152. The van der Waals surface area contributed by atoms with Gasteiger partial charge < -0.3 is 18.3 Å². The Bertz CT molecular complexity index is 980. The van der Waals surface area contributed by atoms with Crippen molar-refractivity contribution in [3.8, 4) is 17.3 Å². The molecule has 0 radical (unpaired) electrons. The second-order valence-corrected chi connectivity index (χ2v) is 6.60. The maximum absolute atomic E-state index is 12.9. The summed E-state index contributed by atoms with van der Waals surface area (Å²) in [4.78, 5) is 25.0. The van der Waals surface area contributed by atoms with Gasteiger partial charge in [0.2, 0.25) is 16.9 Å². The van der Waals surface area contributed by atoms with Crippen molar-refractivity contribution >= 4 is 16.9 Å². The highest BCUT2D eigenvalue weighted by atomic mass is 16.6. The maximum Gasteiger partial charge on any atom is 0.344 e. The summed E-state index contributed by atoms with van der Waals surface area (Å²) in [5.41, 5.74) is 0.0692. The second kappa shape index (κ2) is 7.70. The van der Waals surface area contributed by atoms with Gasteiger partial charge in [0.15, 0.2) is 12.4 Å². The number of esters is 1. The highest BCUT2D eigenvalue weighted by molar-refractivity contribution is 5.81. The molecule has 27 heavy (non-hydrogen) atoms. The molecular formula is C21H20O6. The lowest BCUT2D eigenvalue weighted by Gasteiger charge is -2.21. The van der Waals surface area contributed by atoms with Crippen molar-refractivity contribution in [3.63, 3.8) is 0 Å². The maximum atomic E-state index is 12.9. The number of ether oxygens (including phenoxy) is 2. The van der Waals surface area contributed by atoms with Crippen molar-refractivity contribution in [2.75, 3.05) is 6.61 Å². The molecule has 6 heteroatoms. The Kier molecular flexibility index (Phi) is 4.96. The minimum Gasteiger partial charge on any atom is -0.474 e. The second-order valence-electron chi connectivity index (χ2n) is 6.60. The molecule has 4 rings (SSSR count). The quantitative estimate of drug-likeness (QED) is 0.625. The monoisotopic (exact) mass is 368 g/mol. The van der Waals surface area contributed by atoms with Gasteiger partial charge >= 0.3 is 5.97 Å². The number of benzene rings is 1. The van der Waals surface area contributed by atoms with Crippen LogP contribution in [0.4, 0.5) is 0 Å². The van der Waals surface area contributed by atoms with Crippen LogP contribution in [0.1, 0.15) is 32.1 Å². The van der Waals surface area contributed by atoms with Gasteiger partial charge in [-0.25, -0.2) is 4.79 Å². The number of carbonyl (C=O) groups excluding carboxylic acids is 1. The molecule has 0 bridgehead atoms. The van der Waals surface area contributed by atoms with E-state index in [4.69, 9.17) is 18.3 Å². The Morgan fingerprint density at radius 1 is 1.07 bits per heavy atom. The zero-order chi connectivity index (χ0) is 18.6. The van der Waals surface area contributed by atoms with E-state index >= 15 is 0 Å². The summed E-state index contributed by atoms with van der Waals surface area (Å²) < 4.78 is 22.2. The van der Waals surface area contributed by atoms with E-state index in [-0.39, 0.29) is 29.6 Å². The van der Waals surface area contributed by atoms with Gasteiger partial charge in [-0.1, -0.05) is 18.6 Å². The standard InChI is InChI=1S/C21H20O6/c22-18(26-14-7-2-1-3-8-14)13-25-21-19(23)15-9-4-5-10-16(15)27-20(21)17-11-6-12-24-17/h4-6,9-12,14H,1-3,7-8,13H2. The van der Waals surface area contributed by atoms with Gasteiger partial charge in [-0.15, -0.1) is 0 Å². The van der Waals surface area contributed by atoms with Crippen LogP contribution in [-0.2, 0) is 9.53 Å². The number of hydrogen-bond donors (Lipinski definition) is 0. The van der Waals surface area contributed by atoms with Crippen LogP contribution in [0, 0.1) is 0 Å². The first-order valence-electron chi connectivity index (χ1n) is 9.14. The molecule has 0 saturated heterocycles. The number of hydrogen-bond acceptors (Lipinski definition) is 6. The molecular weight excluding hydrogens is 348 g/mol. The van der Waals surface area contributed by atoms with Gasteiger partial charge in [-0.3, -0.25) is 4.79 Å². The van der Waals surface area contributed by atoms with E-state index in [0.717, 1.165) is 25.7 Å². The lowest BCUT2D eigenvalue weighted by Crippen LogP contribution is -2.25. The Hall–Kier alpha value is -3.02. The average Bonchev–Trinajstić information content (AvgIpc) is 3.22. The fourth-order valence-corrected chi connectivity index (χ4v) is 3.36. The highest BCUT2D eigenvalue weighted by Gasteiger charge is 2.22. The first kappa shape index (κ1) is 17.4. The SMILES string of the molecule is O=C(COc1c(-c2ccco2)oc2ccccc2c1=O)OC1CCCCC1. The zero-order valence-corrected chi connectivity index (χ0v) is 14.8. The van der Waals surface area contributed by atoms with Crippen molar-refractivity contribution in [2.45, 2.75) is 38.2 Å².